The molecule has 0 spiro atoms. The molecule has 0 aliphatic carbocycles. The average molecular weight is 266 g/mol. The lowest BCUT2D eigenvalue weighted by Gasteiger charge is -2.07. The minimum Gasteiger partial charge on any atom is -0.481 e. The largest absolute Gasteiger partial charge is 0.481 e. The van der Waals surface area contributed by atoms with E-state index in [1.54, 1.807) is 18.2 Å². The molecule has 0 unspecified atom stereocenters. The van der Waals surface area contributed by atoms with Crippen molar-refractivity contribution in [3.05, 3.63) is 52.9 Å². The van der Waals surface area contributed by atoms with Gasteiger partial charge in [0.15, 0.2) is 0 Å². The highest BCUT2D eigenvalue weighted by atomic mass is 35.5. The van der Waals surface area contributed by atoms with Crippen molar-refractivity contribution in [2.45, 2.75) is 6.42 Å². The molecule has 2 aromatic rings. The molecule has 0 aliphatic rings. The monoisotopic (exact) mass is 265 g/mol. The molecule has 0 saturated heterocycles. The minimum absolute atomic E-state index is 0.156. The lowest BCUT2D eigenvalue weighted by molar-refractivity contribution is -0.136. The van der Waals surface area contributed by atoms with Crippen molar-refractivity contribution in [2.75, 3.05) is 0 Å². The Hall–Kier alpha value is -1.94. The van der Waals surface area contributed by atoms with Gasteiger partial charge in [0.05, 0.1) is 12.1 Å². The highest BCUT2D eigenvalue weighted by molar-refractivity contribution is 6.29. The Kier molecular flexibility index (Phi) is 3.58. The third kappa shape index (κ3) is 2.84. The second-order valence-corrected chi connectivity index (χ2v) is 4.11. The number of carbonyl (C=O) groups is 1. The summed E-state index contributed by atoms with van der Waals surface area (Å²) >= 11 is 5.80. The van der Waals surface area contributed by atoms with Gasteiger partial charge < -0.3 is 5.11 Å². The van der Waals surface area contributed by atoms with Gasteiger partial charge in [-0.1, -0.05) is 17.7 Å². The fourth-order valence-corrected chi connectivity index (χ4v) is 1.77. The van der Waals surface area contributed by atoms with Crippen molar-refractivity contribution in [3.63, 3.8) is 0 Å². The molecule has 5 heteroatoms. The van der Waals surface area contributed by atoms with Crippen molar-refractivity contribution in [3.8, 4) is 11.3 Å². The average Bonchev–Trinajstić information content (AvgIpc) is 2.32. The Morgan fingerprint density at radius 3 is 2.50 bits per heavy atom. The van der Waals surface area contributed by atoms with Crippen LogP contribution in [0.1, 0.15) is 5.56 Å². The van der Waals surface area contributed by atoms with E-state index in [2.05, 4.69) is 4.98 Å². The molecule has 1 aromatic heterocycles. The summed E-state index contributed by atoms with van der Waals surface area (Å²) in [6.07, 6.45) is -0.156. The van der Waals surface area contributed by atoms with Gasteiger partial charge in [0, 0.05) is 5.56 Å². The molecule has 2 rings (SSSR count). The van der Waals surface area contributed by atoms with Crippen molar-refractivity contribution in [1.29, 1.82) is 0 Å². The highest BCUT2D eigenvalue weighted by Crippen LogP contribution is 2.24. The van der Waals surface area contributed by atoms with Crippen molar-refractivity contribution < 1.29 is 14.3 Å². The van der Waals surface area contributed by atoms with E-state index in [4.69, 9.17) is 16.7 Å². The molecule has 0 atom stereocenters. The van der Waals surface area contributed by atoms with Gasteiger partial charge in [0.25, 0.3) is 0 Å². The van der Waals surface area contributed by atoms with Gasteiger partial charge in [0.2, 0.25) is 0 Å². The zero-order valence-electron chi connectivity index (χ0n) is 9.23. The number of benzene rings is 1. The van der Waals surface area contributed by atoms with Crippen LogP contribution < -0.4 is 0 Å². The van der Waals surface area contributed by atoms with E-state index in [-0.39, 0.29) is 17.4 Å². The summed E-state index contributed by atoms with van der Waals surface area (Å²) in [7, 11) is 0. The molecule has 0 bridgehead atoms. The van der Waals surface area contributed by atoms with Crippen LogP contribution in [0, 0.1) is 5.82 Å². The smallest absolute Gasteiger partial charge is 0.307 e. The highest BCUT2D eigenvalue weighted by Gasteiger charge is 2.11. The molecule has 0 amide bonds. The van der Waals surface area contributed by atoms with E-state index in [0.29, 0.717) is 16.8 Å². The topological polar surface area (TPSA) is 50.2 Å². The second kappa shape index (κ2) is 5.14. The van der Waals surface area contributed by atoms with Gasteiger partial charge in [-0.2, -0.15) is 0 Å². The molecule has 0 radical (unpaired) electrons. The summed E-state index contributed by atoms with van der Waals surface area (Å²) in [6.45, 7) is 0. The maximum atomic E-state index is 12.9. The van der Waals surface area contributed by atoms with Crippen LogP contribution >= 0.6 is 11.6 Å². The molecular formula is C13H9ClFNO2. The molecule has 0 fully saturated rings. The first-order chi connectivity index (χ1) is 8.56. The fraction of sp³-hybridized carbons (Fsp3) is 0.0769. The molecule has 1 N–H and O–H groups in total. The van der Waals surface area contributed by atoms with Crippen LogP contribution in [-0.4, -0.2) is 16.1 Å². The Morgan fingerprint density at radius 1 is 1.22 bits per heavy atom. The van der Waals surface area contributed by atoms with Crippen LogP contribution in [0.25, 0.3) is 11.3 Å². The zero-order valence-corrected chi connectivity index (χ0v) is 9.99. The van der Waals surface area contributed by atoms with Crippen LogP contribution in [0.5, 0.6) is 0 Å². The quantitative estimate of drug-likeness (QED) is 0.867. The summed E-state index contributed by atoms with van der Waals surface area (Å²) < 4.78 is 12.9. The summed E-state index contributed by atoms with van der Waals surface area (Å²) in [5.41, 5.74) is 1.64. The fourth-order valence-electron chi connectivity index (χ4n) is 1.63. The standard InChI is InChI=1S/C13H9ClFNO2/c14-11-6-3-9(7-12(17)18)13(16-11)8-1-4-10(15)5-2-8/h1-6H,7H2,(H,17,18). The van der Waals surface area contributed by atoms with Crippen molar-refractivity contribution >= 4 is 17.6 Å². The van der Waals surface area contributed by atoms with E-state index in [1.165, 1.54) is 18.2 Å². The summed E-state index contributed by atoms with van der Waals surface area (Å²) in [5.74, 6) is -1.32. The summed E-state index contributed by atoms with van der Waals surface area (Å²) in [6, 6.07) is 8.82. The van der Waals surface area contributed by atoms with Crippen molar-refractivity contribution in [1.82, 2.24) is 4.98 Å². The first-order valence-electron chi connectivity index (χ1n) is 5.19. The van der Waals surface area contributed by atoms with Gasteiger partial charge in [0.1, 0.15) is 11.0 Å². The number of rotatable bonds is 3. The molecule has 1 heterocycles. The Labute approximate surface area is 108 Å². The maximum absolute atomic E-state index is 12.9. The summed E-state index contributed by atoms with van der Waals surface area (Å²) in [5, 5.41) is 9.10. The van der Waals surface area contributed by atoms with Crippen LogP contribution in [0.3, 0.4) is 0 Å². The molecule has 0 saturated carbocycles. The SMILES string of the molecule is O=C(O)Cc1ccc(Cl)nc1-c1ccc(F)cc1. The predicted octanol–water partition coefficient (Wildman–Crippen LogP) is 3.17. The van der Waals surface area contributed by atoms with E-state index >= 15 is 0 Å². The normalized spacial score (nSPS) is 10.3. The number of halogens is 2. The van der Waals surface area contributed by atoms with E-state index < -0.39 is 5.97 Å². The molecule has 18 heavy (non-hydrogen) atoms. The van der Waals surface area contributed by atoms with Crippen LogP contribution in [0.15, 0.2) is 36.4 Å². The van der Waals surface area contributed by atoms with Gasteiger partial charge in [-0.15, -0.1) is 0 Å². The van der Waals surface area contributed by atoms with Crippen LogP contribution in [-0.2, 0) is 11.2 Å². The lowest BCUT2D eigenvalue weighted by Crippen LogP contribution is -2.03. The molecule has 3 nitrogen and oxygen atoms in total. The first kappa shape index (κ1) is 12.5. The number of aliphatic carboxylic acids is 1. The van der Waals surface area contributed by atoms with Gasteiger partial charge in [-0.05, 0) is 35.9 Å². The number of carboxylic acids is 1. The third-order valence-corrected chi connectivity index (χ3v) is 2.61. The van der Waals surface area contributed by atoms with Crippen molar-refractivity contribution in [2.24, 2.45) is 0 Å². The summed E-state index contributed by atoms with van der Waals surface area (Å²) in [4.78, 5) is 14.9. The predicted molar refractivity (Wildman–Crippen MR) is 66.0 cm³/mol. The Bertz CT molecular complexity index is 584. The number of carboxylic acid groups (broad SMARTS) is 1. The zero-order chi connectivity index (χ0) is 13.1. The number of nitrogens with zero attached hydrogens (tertiary/aromatic N) is 1. The third-order valence-electron chi connectivity index (χ3n) is 2.40. The number of hydrogen-bond acceptors (Lipinski definition) is 2. The van der Waals surface area contributed by atoms with Gasteiger partial charge in [-0.3, -0.25) is 4.79 Å². The Balaban J connectivity index is 2.50. The van der Waals surface area contributed by atoms with Gasteiger partial charge >= 0.3 is 5.97 Å². The first-order valence-corrected chi connectivity index (χ1v) is 5.57. The van der Waals surface area contributed by atoms with E-state index in [0.717, 1.165) is 0 Å². The molecular weight excluding hydrogens is 257 g/mol. The van der Waals surface area contributed by atoms with E-state index in [1.807, 2.05) is 0 Å². The number of hydrogen-bond donors (Lipinski definition) is 1. The van der Waals surface area contributed by atoms with Gasteiger partial charge in [-0.25, -0.2) is 9.37 Å². The Morgan fingerprint density at radius 2 is 1.89 bits per heavy atom. The maximum Gasteiger partial charge on any atom is 0.307 e. The van der Waals surface area contributed by atoms with Crippen LogP contribution in [0.4, 0.5) is 4.39 Å². The minimum atomic E-state index is -0.956. The van der Waals surface area contributed by atoms with E-state index in [9.17, 15) is 9.18 Å². The number of aromatic nitrogens is 1. The number of pyridine rings is 1. The second-order valence-electron chi connectivity index (χ2n) is 3.72. The lowest BCUT2D eigenvalue weighted by atomic mass is 10.0. The molecule has 0 aliphatic heterocycles. The molecule has 1 aromatic carbocycles. The van der Waals surface area contributed by atoms with Crippen LogP contribution in [0.2, 0.25) is 5.15 Å². The molecule has 92 valence electrons.